The highest BCUT2D eigenvalue weighted by Crippen LogP contribution is 2.42. The van der Waals surface area contributed by atoms with E-state index in [4.69, 9.17) is 4.74 Å². The first kappa shape index (κ1) is 13.0. The van der Waals surface area contributed by atoms with Crippen LogP contribution in [0.4, 0.5) is 0 Å². The van der Waals surface area contributed by atoms with Crippen molar-refractivity contribution in [2.75, 3.05) is 13.7 Å². The van der Waals surface area contributed by atoms with Crippen molar-refractivity contribution in [1.29, 1.82) is 5.26 Å². The summed E-state index contributed by atoms with van der Waals surface area (Å²) < 4.78 is 5.50. The third kappa shape index (κ3) is 2.52. The van der Waals surface area contributed by atoms with Crippen LogP contribution in [0, 0.1) is 11.3 Å². The van der Waals surface area contributed by atoms with E-state index >= 15 is 0 Å². The zero-order valence-electron chi connectivity index (χ0n) is 10.1. The second kappa shape index (κ2) is 5.94. The number of hydrogen-bond donors (Lipinski definition) is 1. The van der Waals surface area contributed by atoms with Gasteiger partial charge in [-0.05, 0) is 18.4 Å². The number of rotatable bonds is 3. The summed E-state index contributed by atoms with van der Waals surface area (Å²) in [6.07, 6.45) is 0. The fourth-order valence-electron chi connectivity index (χ4n) is 1.60. The molecule has 94 valence electrons. The van der Waals surface area contributed by atoms with Gasteiger partial charge in [0.1, 0.15) is 11.6 Å². The highest BCUT2D eigenvalue weighted by atomic mass is 32.2. The Morgan fingerprint density at radius 2 is 2.44 bits per heavy atom. The summed E-state index contributed by atoms with van der Waals surface area (Å²) in [6, 6.07) is 6.26. The lowest BCUT2D eigenvalue weighted by Gasteiger charge is -2.25. The quantitative estimate of drug-likeness (QED) is 0.924. The summed E-state index contributed by atoms with van der Waals surface area (Å²) in [5, 5.41) is 15.1. The maximum atomic E-state index is 9.34. The van der Waals surface area contributed by atoms with Crippen LogP contribution in [0.5, 0.6) is 0 Å². The molecule has 0 bridgehead atoms. The summed E-state index contributed by atoms with van der Waals surface area (Å²) in [7, 11) is 1.72. The lowest BCUT2D eigenvalue weighted by Crippen LogP contribution is -2.29. The smallest absolute Gasteiger partial charge is 0.208 e. The van der Waals surface area contributed by atoms with Gasteiger partial charge < -0.3 is 10.1 Å². The molecule has 1 atom stereocenters. The molecular formula is C12H13N3OS2. The fraction of sp³-hybridized carbons (Fsp3) is 0.333. The zero-order valence-corrected chi connectivity index (χ0v) is 11.8. The summed E-state index contributed by atoms with van der Waals surface area (Å²) in [5.41, 5.74) is 0.622. The van der Waals surface area contributed by atoms with Gasteiger partial charge in [0.05, 0.1) is 11.9 Å². The lowest BCUT2D eigenvalue weighted by atomic mass is 10.2. The highest BCUT2D eigenvalue weighted by Gasteiger charge is 2.30. The molecule has 1 aromatic rings. The topological polar surface area (TPSA) is 57.4 Å². The zero-order chi connectivity index (χ0) is 13.0. The van der Waals surface area contributed by atoms with Crippen LogP contribution in [0.1, 0.15) is 17.1 Å². The number of amidine groups is 1. The van der Waals surface area contributed by atoms with Crippen LogP contribution in [0.25, 0.3) is 0 Å². The Kier molecular flexibility index (Phi) is 4.28. The normalized spacial score (nSPS) is 21.6. The first-order valence-corrected chi connectivity index (χ1v) is 7.27. The van der Waals surface area contributed by atoms with E-state index in [1.165, 1.54) is 0 Å². The molecule has 1 aliphatic rings. The first-order chi connectivity index (χ1) is 8.80. The molecule has 2 rings (SSSR count). The van der Waals surface area contributed by atoms with Gasteiger partial charge in [0.15, 0.2) is 5.17 Å². The molecule has 0 amide bonds. The molecule has 1 aromatic heterocycles. The van der Waals surface area contributed by atoms with Crippen LogP contribution in [0.15, 0.2) is 34.0 Å². The first-order valence-electron chi connectivity index (χ1n) is 5.51. The molecule has 0 aromatic carbocycles. The maximum absolute atomic E-state index is 9.34. The van der Waals surface area contributed by atoms with Crippen LogP contribution in [-0.2, 0) is 4.74 Å². The van der Waals surface area contributed by atoms with Crippen LogP contribution < -0.4 is 5.32 Å². The van der Waals surface area contributed by atoms with E-state index in [1.807, 2.05) is 24.4 Å². The van der Waals surface area contributed by atoms with Gasteiger partial charge >= 0.3 is 0 Å². The van der Waals surface area contributed by atoms with E-state index in [-0.39, 0.29) is 5.25 Å². The van der Waals surface area contributed by atoms with Crippen LogP contribution in [-0.4, -0.2) is 18.8 Å². The lowest BCUT2D eigenvalue weighted by molar-refractivity contribution is 0.213. The number of nitrogens with zero attached hydrogens (tertiary/aromatic N) is 2. The van der Waals surface area contributed by atoms with Crippen molar-refractivity contribution in [3.05, 3.63) is 33.8 Å². The SMILES string of the molecule is CCOC1=C(C#N)C(c2cccs2)SC(=NC)N1. The molecule has 0 saturated heterocycles. The monoisotopic (exact) mass is 279 g/mol. The fourth-order valence-corrected chi connectivity index (χ4v) is 3.58. The molecule has 1 aliphatic heterocycles. The Labute approximate surface area is 114 Å². The van der Waals surface area contributed by atoms with Crippen molar-refractivity contribution in [3.8, 4) is 6.07 Å². The number of thiophene rings is 1. The van der Waals surface area contributed by atoms with Crippen molar-refractivity contribution in [3.63, 3.8) is 0 Å². The second-order valence-electron chi connectivity index (χ2n) is 3.45. The van der Waals surface area contributed by atoms with E-state index in [9.17, 15) is 5.26 Å². The van der Waals surface area contributed by atoms with E-state index < -0.39 is 0 Å². The molecule has 18 heavy (non-hydrogen) atoms. The average Bonchev–Trinajstić information content (AvgIpc) is 2.92. The molecule has 4 nitrogen and oxygen atoms in total. The Morgan fingerprint density at radius 3 is 3.00 bits per heavy atom. The standard InChI is InChI=1S/C12H13N3OS2/c1-3-16-11-8(7-13)10(9-5-4-6-17-9)18-12(14-2)15-11/h4-6,10H,3H2,1-2H3,(H,14,15). The molecule has 0 fully saturated rings. The predicted octanol–water partition coefficient (Wildman–Crippen LogP) is 2.88. The number of nitrogens with one attached hydrogen (secondary N) is 1. The maximum Gasteiger partial charge on any atom is 0.208 e. The van der Waals surface area contributed by atoms with Gasteiger partial charge in [-0.3, -0.25) is 4.99 Å². The molecule has 0 radical (unpaired) electrons. The molecule has 6 heteroatoms. The van der Waals surface area contributed by atoms with Gasteiger partial charge in [0, 0.05) is 11.9 Å². The van der Waals surface area contributed by atoms with Gasteiger partial charge in [0.2, 0.25) is 5.88 Å². The highest BCUT2D eigenvalue weighted by molar-refractivity contribution is 8.14. The number of ether oxygens (including phenoxy) is 1. The number of aliphatic imine (C=N–C) groups is 1. The third-order valence-corrected chi connectivity index (χ3v) is 4.69. The molecular weight excluding hydrogens is 266 g/mol. The van der Waals surface area contributed by atoms with Crippen molar-refractivity contribution in [2.24, 2.45) is 4.99 Å². The van der Waals surface area contributed by atoms with E-state index in [2.05, 4.69) is 16.4 Å². The summed E-state index contributed by atoms with van der Waals surface area (Å²) >= 11 is 3.18. The molecule has 2 heterocycles. The Morgan fingerprint density at radius 1 is 1.61 bits per heavy atom. The van der Waals surface area contributed by atoms with Crippen molar-refractivity contribution in [2.45, 2.75) is 12.2 Å². The van der Waals surface area contributed by atoms with E-state index in [0.29, 0.717) is 18.1 Å². The third-order valence-electron chi connectivity index (χ3n) is 2.37. The molecule has 0 spiro atoms. The minimum absolute atomic E-state index is 0.0310. The largest absolute Gasteiger partial charge is 0.478 e. The van der Waals surface area contributed by atoms with Crippen LogP contribution in [0.2, 0.25) is 0 Å². The molecule has 0 saturated carbocycles. The van der Waals surface area contributed by atoms with Crippen molar-refractivity contribution in [1.82, 2.24) is 5.32 Å². The second-order valence-corrected chi connectivity index (χ2v) is 5.53. The average molecular weight is 279 g/mol. The van der Waals surface area contributed by atoms with Crippen molar-refractivity contribution >= 4 is 28.3 Å². The van der Waals surface area contributed by atoms with E-state index in [1.54, 1.807) is 30.1 Å². The minimum atomic E-state index is -0.0310. The van der Waals surface area contributed by atoms with Gasteiger partial charge in [-0.15, -0.1) is 11.3 Å². The Bertz CT molecular complexity index is 514. The van der Waals surface area contributed by atoms with Gasteiger partial charge in [-0.2, -0.15) is 5.26 Å². The van der Waals surface area contributed by atoms with Gasteiger partial charge in [-0.25, -0.2) is 0 Å². The minimum Gasteiger partial charge on any atom is -0.478 e. The Hall–Kier alpha value is -1.45. The number of hydrogen-bond acceptors (Lipinski definition) is 5. The van der Waals surface area contributed by atoms with E-state index in [0.717, 1.165) is 10.0 Å². The van der Waals surface area contributed by atoms with Crippen LogP contribution >= 0.6 is 23.1 Å². The van der Waals surface area contributed by atoms with Crippen molar-refractivity contribution < 1.29 is 4.74 Å². The molecule has 0 aliphatic carbocycles. The number of thioether (sulfide) groups is 1. The van der Waals surface area contributed by atoms with Crippen LogP contribution in [0.3, 0.4) is 0 Å². The summed E-state index contributed by atoms with van der Waals surface area (Å²) in [6.45, 7) is 2.42. The molecule has 1 unspecified atom stereocenters. The summed E-state index contributed by atoms with van der Waals surface area (Å²) in [5.74, 6) is 0.526. The van der Waals surface area contributed by atoms with Gasteiger partial charge in [0.25, 0.3) is 0 Å². The predicted molar refractivity (Wildman–Crippen MR) is 75.4 cm³/mol. The van der Waals surface area contributed by atoms with Gasteiger partial charge in [-0.1, -0.05) is 17.8 Å². The molecule has 1 N–H and O–H groups in total. The number of nitriles is 1. The Balaban J connectivity index is 2.43. The summed E-state index contributed by atoms with van der Waals surface area (Å²) in [4.78, 5) is 5.29.